The Hall–Kier alpha value is -1.84. The highest BCUT2D eigenvalue weighted by atomic mass is 16.1. The summed E-state index contributed by atoms with van der Waals surface area (Å²) in [4.78, 5) is 14.9. The van der Waals surface area contributed by atoms with Crippen LogP contribution in [0.2, 0.25) is 0 Å². The lowest BCUT2D eigenvalue weighted by molar-refractivity contribution is 0.100. The van der Waals surface area contributed by atoms with Crippen molar-refractivity contribution in [2.24, 2.45) is 16.5 Å². The van der Waals surface area contributed by atoms with Crippen molar-refractivity contribution in [1.82, 2.24) is 0 Å². The van der Waals surface area contributed by atoms with E-state index >= 15 is 0 Å². The zero-order valence-electron chi connectivity index (χ0n) is 8.24. The molecule has 4 N–H and O–H groups in total. The van der Waals surface area contributed by atoms with Crippen LogP contribution in [-0.2, 0) is 0 Å². The minimum absolute atomic E-state index is 0.214. The van der Waals surface area contributed by atoms with Gasteiger partial charge in [0.25, 0.3) is 5.91 Å². The van der Waals surface area contributed by atoms with Gasteiger partial charge in [-0.15, -0.1) is 0 Å². The minimum atomic E-state index is -0.406. The first-order valence-corrected chi connectivity index (χ1v) is 4.21. The smallest absolute Gasteiger partial charge is 0.280 e. The number of nitrogens with zero attached hydrogens (tertiary/aromatic N) is 1. The number of aryl methyl sites for hydroxylation is 2. The van der Waals surface area contributed by atoms with E-state index in [4.69, 9.17) is 11.5 Å². The summed E-state index contributed by atoms with van der Waals surface area (Å²) in [6.45, 7) is 3.83. The highest BCUT2D eigenvalue weighted by Gasteiger charge is 2.05. The molecule has 0 atom stereocenters. The molecule has 1 aromatic rings. The first-order valence-electron chi connectivity index (χ1n) is 4.21. The zero-order valence-corrected chi connectivity index (χ0v) is 8.24. The zero-order chi connectivity index (χ0) is 10.7. The lowest BCUT2D eigenvalue weighted by Gasteiger charge is -2.00. The Balaban J connectivity index is 3.08. The van der Waals surface area contributed by atoms with E-state index < -0.39 is 5.91 Å². The lowest BCUT2D eigenvalue weighted by atomic mass is 10.1. The minimum Gasteiger partial charge on any atom is -0.370 e. The molecule has 0 aliphatic rings. The van der Waals surface area contributed by atoms with Crippen LogP contribution in [0.25, 0.3) is 0 Å². The van der Waals surface area contributed by atoms with Crippen molar-refractivity contribution >= 4 is 11.9 Å². The number of rotatable bonds is 1. The van der Waals surface area contributed by atoms with Gasteiger partial charge in [-0.25, -0.2) is 0 Å². The van der Waals surface area contributed by atoms with Crippen LogP contribution in [0.3, 0.4) is 0 Å². The summed E-state index contributed by atoms with van der Waals surface area (Å²) in [5, 5.41) is 0. The van der Waals surface area contributed by atoms with E-state index in [2.05, 4.69) is 4.99 Å². The third-order valence-corrected chi connectivity index (χ3v) is 1.70. The molecule has 1 amide bonds. The number of hydrogen-bond acceptors (Lipinski definition) is 1. The molecule has 0 aromatic heterocycles. The molecule has 0 fully saturated rings. The van der Waals surface area contributed by atoms with Crippen molar-refractivity contribution in [3.8, 4) is 0 Å². The largest absolute Gasteiger partial charge is 0.370 e. The van der Waals surface area contributed by atoms with Gasteiger partial charge in [-0.2, -0.15) is 4.99 Å². The van der Waals surface area contributed by atoms with E-state index in [1.807, 2.05) is 19.9 Å². The Morgan fingerprint density at radius 2 is 1.64 bits per heavy atom. The summed E-state index contributed by atoms with van der Waals surface area (Å²) in [5.74, 6) is -0.619. The fraction of sp³-hybridized carbons (Fsp3) is 0.200. The molecular formula is C10H13N3O. The van der Waals surface area contributed by atoms with Crippen molar-refractivity contribution in [2.45, 2.75) is 13.8 Å². The third-order valence-electron chi connectivity index (χ3n) is 1.70. The topological polar surface area (TPSA) is 81.5 Å². The number of benzene rings is 1. The van der Waals surface area contributed by atoms with Crippen LogP contribution in [-0.4, -0.2) is 11.9 Å². The molecule has 0 unspecified atom stereocenters. The molecule has 0 saturated carbocycles. The second-order valence-electron chi connectivity index (χ2n) is 3.22. The first-order chi connectivity index (χ1) is 6.49. The van der Waals surface area contributed by atoms with Gasteiger partial charge in [-0.1, -0.05) is 17.2 Å². The fourth-order valence-electron chi connectivity index (χ4n) is 1.28. The van der Waals surface area contributed by atoms with Gasteiger partial charge in [-0.3, -0.25) is 4.79 Å². The van der Waals surface area contributed by atoms with Gasteiger partial charge < -0.3 is 11.5 Å². The van der Waals surface area contributed by atoms with Crippen LogP contribution < -0.4 is 11.5 Å². The molecule has 0 spiro atoms. The van der Waals surface area contributed by atoms with E-state index in [9.17, 15) is 4.79 Å². The number of carbonyl (C=O) groups excluding carboxylic acids is 1. The van der Waals surface area contributed by atoms with Crippen molar-refractivity contribution < 1.29 is 4.79 Å². The van der Waals surface area contributed by atoms with Gasteiger partial charge in [0.2, 0.25) is 0 Å². The van der Waals surface area contributed by atoms with Crippen LogP contribution in [0.4, 0.5) is 0 Å². The second kappa shape index (κ2) is 3.91. The van der Waals surface area contributed by atoms with Crippen molar-refractivity contribution in [3.63, 3.8) is 0 Å². The second-order valence-corrected chi connectivity index (χ2v) is 3.22. The summed E-state index contributed by atoms with van der Waals surface area (Å²) in [5.41, 5.74) is 12.8. The number of hydrogen-bond donors (Lipinski definition) is 2. The molecule has 0 heterocycles. The molecule has 1 rings (SSSR count). The van der Waals surface area contributed by atoms with E-state index in [0.29, 0.717) is 5.56 Å². The van der Waals surface area contributed by atoms with E-state index in [0.717, 1.165) is 11.1 Å². The quantitative estimate of drug-likeness (QED) is 0.507. The Morgan fingerprint density at radius 1 is 1.14 bits per heavy atom. The van der Waals surface area contributed by atoms with E-state index in [1.54, 1.807) is 12.1 Å². The molecule has 1 aromatic carbocycles. The van der Waals surface area contributed by atoms with Crippen LogP contribution in [0.5, 0.6) is 0 Å². The van der Waals surface area contributed by atoms with E-state index in [1.165, 1.54) is 0 Å². The molecule has 0 aliphatic carbocycles. The summed E-state index contributed by atoms with van der Waals surface area (Å²) >= 11 is 0. The van der Waals surface area contributed by atoms with Crippen LogP contribution >= 0.6 is 0 Å². The van der Waals surface area contributed by atoms with Crippen molar-refractivity contribution in [1.29, 1.82) is 0 Å². The molecule has 4 heteroatoms. The molecule has 0 radical (unpaired) electrons. The Morgan fingerprint density at radius 3 is 2.07 bits per heavy atom. The van der Waals surface area contributed by atoms with Gasteiger partial charge in [0.15, 0.2) is 5.96 Å². The normalized spacial score (nSPS) is 9.57. The number of carbonyl (C=O) groups is 1. The monoisotopic (exact) mass is 191 g/mol. The highest BCUT2D eigenvalue weighted by molar-refractivity contribution is 6.02. The molecule has 14 heavy (non-hydrogen) atoms. The Kier molecular flexibility index (Phi) is 2.86. The number of nitrogens with two attached hydrogens (primary N) is 2. The van der Waals surface area contributed by atoms with Crippen LogP contribution in [0, 0.1) is 13.8 Å². The fourth-order valence-corrected chi connectivity index (χ4v) is 1.28. The van der Waals surface area contributed by atoms with Gasteiger partial charge >= 0.3 is 0 Å². The van der Waals surface area contributed by atoms with Crippen molar-refractivity contribution in [3.05, 3.63) is 34.9 Å². The number of amides is 1. The highest BCUT2D eigenvalue weighted by Crippen LogP contribution is 2.09. The Labute approximate surface area is 82.6 Å². The average Bonchev–Trinajstić information content (AvgIpc) is 2.00. The Bertz CT molecular complexity index is 372. The van der Waals surface area contributed by atoms with Gasteiger partial charge in [0, 0.05) is 5.56 Å². The van der Waals surface area contributed by atoms with Crippen molar-refractivity contribution in [2.75, 3.05) is 0 Å². The summed E-state index contributed by atoms with van der Waals surface area (Å²) < 4.78 is 0. The van der Waals surface area contributed by atoms with E-state index in [-0.39, 0.29) is 5.96 Å². The first kappa shape index (κ1) is 10.2. The molecule has 0 aliphatic heterocycles. The maximum atomic E-state index is 11.4. The van der Waals surface area contributed by atoms with Gasteiger partial charge in [0.1, 0.15) is 0 Å². The maximum Gasteiger partial charge on any atom is 0.280 e. The number of aliphatic imine (C=N–C) groups is 1. The summed E-state index contributed by atoms with van der Waals surface area (Å²) in [7, 11) is 0. The van der Waals surface area contributed by atoms with Gasteiger partial charge in [0.05, 0.1) is 0 Å². The molecule has 0 bridgehead atoms. The SMILES string of the molecule is Cc1cc(C)cc(C(=O)N=C(N)N)c1. The predicted octanol–water partition coefficient (Wildman–Crippen LogP) is 0.717. The molecule has 74 valence electrons. The predicted molar refractivity (Wildman–Crippen MR) is 56.1 cm³/mol. The molecule has 4 nitrogen and oxygen atoms in total. The number of guanidine groups is 1. The maximum absolute atomic E-state index is 11.4. The van der Waals surface area contributed by atoms with Crippen LogP contribution in [0.1, 0.15) is 21.5 Å². The van der Waals surface area contributed by atoms with Gasteiger partial charge in [-0.05, 0) is 26.0 Å². The lowest BCUT2D eigenvalue weighted by Crippen LogP contribution is -2.24. The third kappa shape index (κ3) is 2.58. The molecular weight excluding hydrogens is 178 g/mol. The van der Waals surface area contributed by atoms with Crippen LogP contribution in [0.15, 0.2) is 23.2 Å². The average molecular weight is 191 g/mol. The molecule has 0 saturated heterocycles. The summed E-state index contributed by atoms with van der Waals surface area (Å²) in [6, 6.07) is 5.48. The standard InChI is InChI=1S/C10H13N3O/c1-6-3-7(2)5-8(4-6)9(14)13-10(11)12/h3-5H,1-2H3,(H4,11,12,13,14). The summed E-state index contributed by atoms with van der Waals surface area (Å²) in [6.07, 6.45) is 0.